The van der Waals surface area contributed by atoms with Gasteiger partial charge in [0.25, 0.3) is 5.91 Å². The molecule has 1 aromatic heterocycles. The lowest BCUT2D eigenvalue weighted by Gasteiger charge is -2.28. The summed E-state index contributed by atoms with van der Waals surface area (Å²) < 4.78 is 43.9. The Bertz CT molecular complexity index is 967. The van der Waals surface area contributed by atoms with Gasteiger partial charge < -0.3 is 4.74 Å². The van der Waals surface area contributed by atoms with Crippen LogP contribution in [-0.2, 0) is 30.8 Å². The number of ether oxygens (including phenoxy) is 1. The summed E-state index contributed by atoms with van der Waals surface area (Å²) in [5, 5.41) is 4.95. The minimum Gasteiger partial charge on any atom is -0.350 e. The third-order valence-electron chi connectivity index (χ3n) is 5.13. The van der Waals surface area contributed by atoms with Gasteiger partial charge in [-0.2, -0.15) is 5.10 Å². The first-order valence-electron chi connectivity index (χ1n) is 9.20. The van der Waals surface area contributed by atoms with E-state index < -0.39 is 32.6 Å². The Morgan fingerprint density at radius 2 is 2.24 bits per heavy atom. The van der Waals surface area contributed by atoms with Gasteiger partial charge in [-0.05, 0) is 48.2 Å². The number of hydroxylamine groups is 1. The summed E-state index contributed by atoms with van der Waals surface area (Å²) in [6, 6.07) is 2.88. The van der Waals surface area contributed by atoms with Gasteiger partial charge in [0.15, 0.2) is 20.9 Å². The summed E-state index contributed by atoms with van der Waals surface area (Å²) in [5.41, 5.74) is 2.69. The quantitative estimate of drug-likeness (QED) is 0.597. The van der Waals surface area contributed by atoms with Crippen molar-refractivity contribution in [2.75, 3.05) is 12.9 Å². The van der Waals surface area contributed by atoms with Crippen LogP contribution in [0.2, 0.25) is 0 Å². The Hall–Kier alpha value is -1.56. The number of aromatic nitrogens is 2. The molecule has 2 unspecified atom stereocenters. The molecular formula is C18H23BrFN3O5S. The second kappa shape index (κ2) is 8.66. The van der Waals surface area contributed by atoms with E-state index in [2.05, 4.69) is 26.5 Å². The average molecular weight is 492 g/mol. The predicted octanol–water partition coefficient (Wildman–Crippen LogP) is 2.71. The van der Waals surface area contributed by atoms with E-state index in [1.54, 1.807) is 12.3 Å². The van der Waals surface area contributed by atoms with Gasteiger partial charge in [0.05, 0.1) is 9.99 Å². The number of hydrogen-bond donors (Lipinski definition) is 1. The van der Waals surface area contributed by atoms with Crippen molar-refractivity contribution in [2.24, 2.45) is 0 Å². The van der Waals surface area contributed by atoms with Gasteiger partial charge in [-0.15, -0.1) is 0 Å². The number of nitrogens with one attached hydrogen (secondary N) is 1. The summed E-state index contributed by atoms with van der Waals surface area (Å²) in [6.07, 6.45) is 4.52. The van der Waals surface area contributed by atoms with E-state index in [4.69, 9.17) is 9.57 Å². The monoisotopic (exact) mass is 491 g/mol. The van der Waals surface area contributed by atoms with Crippen molar-refractivity contribution < 1.29 is 27.2 Å². The van der Waals surface area contributed by atoms with Crippen LogP contribution < -0.4 is 5.48 Å². The Morgan fingerprint density at radius 3 is 2.90 bits per heavy atom. The van der Waals surface area contributed by atoms with Crippen molar-refractivity contribution in [3.63, 3.8) is 0 Å². The first-order chi connectivity index (χ1) is 13.6. The van der Waals surface area contributed by atoms with Crippen LogP contribution in [0.5, 0.6) is 0 Å². The zero-order chi connectivity index (χ0) is 21.2. The molecule has 2 heterocycles. The molecule has 2 aromatic rings. The van der Waals surface area contributed by atoms with Crippen molar-refractivity contribution >= 4 is 42.6 Å². The van der Waals surface area contributed by atoms with Crippen LogP contribution in [0.15, 0.2) is 22.8 Å². The van der Waals surface area contributed by atoms with Gasteiger partial charge in [-0.25, -0.2) is 23.1 Å². The Kier molecular flexibility index (Phi) is 6.61. The second-order valence-corrected chi connectivity index (χ2v) is 10.6. The lowest BCUT2D eigenvalue weighted by atomic mass is 10.1. The second-order valence-electron chi connectivity index (χ2n) is 7.32. The molecule has 11 heteroatoms. The fourth-order valence-electron chi connectivity index (χ4n) is 3.01. The maximum Gasteiger partial charge on any atom is 0.264 e. The number of hydrogen-bond acceptors (Lipinski definition) is 6. The molecule has 1 N–H and O–H groups in total. The number of halogens is 2. The molecule has 0 bridgehead atoms. The Morgan fingerprint density at radius 1 is 1.48 bits per heavy atom. The molecule has 1 fully saturated rings. The van der Waals surface area contributed by atoms with E-state index in [0.717, 1.165) is 19.1 Å². The number of sulfone groups is 1. The van der Waals surface area contributed by atoms with Crippen LogP contribution in [0.1, 0.15) is 32.6 Å². The van der Waals surface area contributed by atoms with Crippen molar-refractivity contribution in [3.8, 4) is 0 Å². The van der Waals surface area contributed by atoms with E-state index in [-0.39, 0.29) is 13.0 Å². The number of fused-ring (bicyclic) bond motifs is 1. The molecule has 3 rings (SSSR count). The van der Waals surface area contributed by atoms with E-state index in [1.807, 2.05) is 0 Å². The van der Waals surface area contributed by atoms with E-state index in [0.29, 0.717) is 28.4 Å². The maximum absolute atomic E-state index is 13.7. The zero-order valence-electron chi connectivity index (χ0n) is 16.2. The first-order valence-corrected chi connectivity index (χ1v) is 11.9. The highest BCUT2D eigenvalue weighted by molar-refractivity contribution is 9.10. The molecule has 1 aliphatic rings. The van der Waals surface area contributed by atoms with Gasteiger partial charge in [0.2, 0.25) is 0 Å². The Balaban J connectivity index is 1.72. The van der Waals surface area contributed by atoms with E-state index in [1.165, 1.54) is 17.7 Å². The molecule has 0 radical (unpaired) electrons. The predicted molar refractivity (Wildman–Crippen MR) is 108 cm³/mol. The molecule has 1 aromatic carbocycles. The number of carbonyl (C=O) groups excluding carboxylic acids is 1. The SMILES string of the molecule is CC(CCn1cc2cc(Br)c(F)cc2n1)(C(=O)NOC1CCCCO1)S(C)(=O)=O. The lowest BCUT2D eigenvalue weighted by Crippen LogP contribution is -2.51. The molecule has 1 aliphatic heterocycles. The molecule has 1 saturated heterocycles. The highest BCUT2D eigenvalue weighted by atomic mass is 79.9. The van der Waals surface area contributed by atoms with Gasteiger partial charge >= 0.3 is 0 Å². The number of nitrogens with zero attached hydrogens (tertiary/aromatic N) is 2. The minimum absolute atomic E-state index is 0.0375. The van der Waals surface area contributed by atoms with Crippen molar-refractivity contribution in [1.82, 2.24) is 15.3 Å². The first kappa shape index (κ1) is 22.1. The lowest BCUT2D eigenvalue weighted by molar-refractivity contribution is -0.201. The molecule has 8 nitrogen and oxygen atoms in total. The van der Waals surface area contributed by atoms with Crippen LogP contribution in [0.25, 0.3) is 10.9 Å². The number of aryl methyl sites for hydroxylation is 1. The van der Waals surface area contributed by atoms with Crippen molar-refractivity contribution in [1.29, 1.82) is 0 Å². The van der Waals surface area contributed by atoms with Gasteiger partial charge in [0, 0.05) is 43.5 Å². The maximum atomic E-state index is 13.7. The average Bonchev–Trinajstić information content (AvgIpc) is 3.06. The molecule has 160 valence electrons. The summed E-state index contributed by atoms with van der Waals surface area (Å²) in [4.78, 5) is 17.9. The number of carbonyl (C=O) groups is 1. The fraction of sp³-hybridized carbons (Fsp3) is 0.556. The summed E-state index contributed by atoms with van der Waals surface area (Å²) >= 11 is 3.12. The molecule has 0 spiro atoms. The van der Waals surface area contributed by atoms with Crippen LogP contribution in [-0.4, -0.2) is 48.0 Å². The van der Waals surface area contributed by atoms with Gasteiger partial charge in [0.1, 0.15) is 5.82 Å². The number of rotatable bonds is 7. The molecule has 29 heavy (non-hydrogen) atoms. The molecule has 2 atom stereocenters. The van der Waals surface area contributed by atoms with Crippen LogP contribution in [0, 0.1) is 5.82 Å². The number of benzene rings is 1. The molecule has 0 aliphatic carbocycles. The highest BCUT2D eigenvalue weighted by Crippen LogP contribution is 2.25. The molecule has 1 amide bonds. The summed E-state index contributed by atoms with van der Waals surface area (Å²) in [7, 11) is -3.77. The summed E-state index contributed by atoms with van der Waals surface area (Å²) in [6.45, 7) is 2.03. The minimum atomic E-state index is -3.77. The van der Waals surface area contributed by atoms with Gasteiger partial charge in [-0.3, -0.25) is 9.48 Å². The standard InChI is InChI=1S/C18H23BrFN3O5S/c1-18(29(2,25)26,17(24)22-28-16-5-3-4-8-27-16)6-7-23-11-12-9-13(19)14(20)10-15(12)21-23/h9-11,16H,3-8H2,1-2H3,(H,22,24). The van der Waals surface area contributed by atoms with Gasteiger partial charge in [-0.1, -0.05) is 0 Å². The normalized spacial score (nSPS) is 19.8. The van der Waals surface area contributed by atoms with E-state index in [9.17, 15) is 17.6 Å². The zero-order valence-corrected chi connectivity index (χ0v) is 18.6. The summed E-state index contributed by atoms with van der Waals surface area (Å²) in [5.74, 6) is -1.20. The number of amides is 1. The van der Waals surface area contributed by atoms with Crippen LogP contribution in [0.3, 0.4) is 0 Å². The highest BCUT2D eigenvalue weighted by Gasteiger charge is 2.44. The third-order valence-corrected chi connectivity index (χ3v) is 7.77. The van der Waals surface area contributed by atoms with Crippen molar-refractivity contribution in [2.45, 2.75) is 50.2 Å². The van der Waals surface area contributed by atoms with Crippen LogP contribution >= 0.6 is 15.9 Å². The third kappa shape index (κ3) is 4.96. The topological polar surface area (TPSA) is 99.5 Å². The smallest absolute Gasteiger partial charge is 0.264 e. The van der Waals surface area contributed by atoms with Crippen LogP contribution in [0.4, 0.5) is 4.39 Å². The largest absolute Gasteiger partial charge is 0.350 e. The molecule has 0 saturated carbocycles. The molecular weight excluding hydrogens is 469 g/mol. The van der Waals surface area contributed by atoms with E-state index >= 15 is 0 Å². The Labute approximate surface area is 176 Å². The van der Waals surface area contributed by atoms with Crippen molar-refractivity contribution in [3.05, 3.63) is 28.6 Å². The fourth-order valence-corrected chi connectivity index (χ4v) is 4.21.